The van der Waals surface area contributed by atoms with Gasteiger partial charge in [0.25, 0.3) is 0 Å². The van der Waals surface area contributed by atoms with Crippen molar-refractivity contribution in [2.75, 3.05) is 11.1 Å². The molecule has 90 valence electrons. The SMILES string of the molecule is Cc1cccc(NC2CCCSC2C)c1C#N. The van der Waals surface area contributed by atoms with Crippen LogP contribution in [0.15, 0.2) is 18.2 Å². The molecule has 0 amide bonds. The highest BCUT2D eigenvalue weighted by molar-refractivity contribution is 8.00. The third-order valence-electron chi connectivity index (χ3n) is 3.33. The van der Waals surface area contributed by atoms with Crippen LogP contribution in [0.5, 0.6) is 0 Å². The van der Waals surface area contributed by atoms with Gasteiger partial charge in [-0.3, -0.25) is 0 Å². The molecule has 2 rings (SSSR count). The predicted octanol–water partition coefficient (Wildman–Crippen LogP) is 3.56. The molecule has 2 nitrogen and oxygen atoms in total. The van der Waals surface area contributed by atoms with E-state index in [1.807, 2.05) is 36.9 Å². The van der Waals surface area contributed by atoms with Gasteiger partial charge in [-0.1, -0.05) is 19.1 Å². The Kier molecular flexibility index (Phi) is 3.96. The Bertz CT molecular complexity index is 436. The zero-order valence-corrected chi connectivity index (χ0v) is 11.2. The predicted molar refractivity (Wildman–Crippen MR) is 74.5 cm³/mol. The molecule has 1 heterocycles. The fraction of sp³-hybridized carbons (Fsp3) is 0.500. The monoisotopic (exact) mass is 246 g/mol. The van der Waals surface area contributed by atoms with E-state index in [1.54, 1.807) is 0 Å². The summed E-state index contributed by atoms with van der Waals surface area (Å²) in [6.07, 6.45) is 2.47. The van der Waals surface area contributed by atoms with Crippen molar-refractivity contribution in [1.82, 2.24) is 0 Å². The fourth-order valence-corrected chi connectivity index (χ4v) is 3.39. The lowest BCUT2D eigenvalue weighted by Crippen LogP contribution is -2.33. The van der Waals surface area contributed by atoms with E-state index < -0.39 is 0 Å². The molecule has 1 saturated heterocycles. The van der Waals surface area contributed by atoms with E-state index in [0.29, 0.717) is 11.3 Å². The van der Waals surface area contributed by atoms with Crippen molar-refractivity contribution in [3.63, 3.8) is 0 Å². The van der Waals surface area contributed by atoms with Gasteiger partial charge in [0, 0.05) is 11.3 Å². The largest absolute Gasteiger partial charge is 0.380 e. The summed E-state index contributed by atoms with van der Waals surface area (Å²) in [5.41, 5.74) is 2.83. The van der Waals surface area contributed by atoms with Crippen LogP contribution in [0.3, 0.4) is 0 Å². The molecular weight excluding hydrogens is 228 g/mol. The minimum atomic E-state index is 0.489. The number of anilines is 1. The van der Waals surface area contributed by atoms with Gasteiger partial charge < -0.3 is 5.32 Å². The maximum absolute atomic E-state index is 9.20. The second-order valence-corrected chi connectivity index (χ2v) is 6.06. The number of hydrogen-bond donors (Lipinski definition) is 1. The Morgan fingerprint density at radius 2 is 2.29 bits per heavy atom. The van der Waals surface area contributed by atoms with Crippen molar-refractivity contribution in [2.45, 2.75) is 38.0 Å². The maximum atomic E-state index is 9.20. The van der Waals surface area contributed by atoms with Gasteiger partial charge in [-0.2, -0.15) is 17.0 Å². The van der Waals surface area contributed by atoms with E-state index in [2.05, 4.69) is 18.3 Å². The highest BCUT2D eigenvalue weighted by Crippen LogP contribution is 2.29. The second kappa shape index (κ2) is 5.46. The highest BCUT2D eigenvalue weighted by Gasteiger charge is 2.22. The van der Waals surface area contributed by atoms with Crippen molar-refractivity contribution in [1.29, 1.82) is 5.26 Å². The molecule has 1 aliphatic heterocycles. The number of nitrogens with one attached hydrogen (secondary N) is 1. The average molecular weight is 246 g/mol. The lowest BCUT2D eigenvalue weighted by molar-refractivity contribution is 0.617. The van der Waals surface area contributed by atoms with Crippen LogP contribution in [-0.2, 0) is 0 Å². The number of nitrogens with zero attached hydrogens (tertiary/aromatic N) is 1. The van der Waals surface area contributed by atoms with Crippen LogP contribution in [0.1, 0.15) is 30.9 Å². The molecular formula is C14H18N2S. The Hall–Kier alpha value is -1.14. The third-order valence-corrected chi connectivity index (χ3v) is 4.71. The van der Waals surface area contributed by atoms with E-state index in [1.165, 1.54) is 18.6 Å². The van der Waals surface area contributed by atoms with Gasteiger partial charge in [0.1, 0.15) is 6.07 Å². The standard InChI is InChI=1S/C14H18N2S/c1-10-5-3-6-14(12(10)9-15)16-13-7-4-8-17-11(13)2/h3,5-6,11,13,16H,4,7-8H2,1-2H3. The fourth-order valence-electron chi connectivity index (χ4n) is 2.25. The van der Waals surface area contributed by atoms with E-state index in [0.717, 1.165) is 16.8 Å². The summed E-state index contributed by atoms with van der Waals surface area (Å²) in [6, 6.07) is 8.80. The van der Waals surface area contributed by atoms with Crippen molar-refractivity contribution in [3.05, 3.63) is 29.3 Å². The number of aryl methyl sites for hydroxylation is 1. The zero-order valence-electron chi connectivity index (χ0n) is 10.4. The van der Waals surface area contributed by atoms with Crippen molar-refractivity contribution in [3.8, 4) is 6.07 Å². The Labute approximate surface area is 107 Å². The first-order valence-corrected chi connectivity index (χ1v) is 7.15. The molecule has 2 unspecified atom stereocenters. The lowest BCUT2D eigenvalue weighted by Gasteiger charge is -2.30. The third kappa shape index (κ3) is 2.76. The molecule has 2 atom stereocenters. The first kappa shape index (κ1) is 12.3. The van der Waals surface area contributed by atoms with Gasteiger partial charge in [0.2, 0.25) is 0 Å². The normalized spacial score (nSPS) is 24.1. The molecule has 0 radical (unpaired) electrons. The first-order valence-electron chi connectivity index (χ1n) is 6.10. The number of hydrogen-bond acceptors (Lipinski definition) is 3. The van der Waals surface area contributed by atoms with Crippen LogP contribution < -0.4 is 5.32 Å². The van der Waals surface area contributed by atoms with Gasteiger partial charge >= 0.3 is 0 Å². The van der Waals surface area contributed by atoms with E-state index in [9.17, 15) is 5.26 Å². The summed E-state index contributed by atoms with van der Waals surface area (Å²) < 4.78 is 0. The molecule has 1 aromatic carbocycles. The summed E-state index contributed by atoms with van der Waals surface area (Å²) in [7, 11) is 0. The molecule has 0 aliphatic carbocycles. The Balaban J connectivity index is 2.18. The molecule has 0 bridgehead atoms. The zero-order chi connectivity index (χ0) is 12.3. The van der Waals surface area contributed by atoms with Gasteiger partial charge in [0.15, 0.2) is 0 Å². The van der Waals surface area contributed by atoms with Crippen molar-refractivity contribution >= 4 is 17.4 Å². The quantitative estimate of drug-likeness (QED) is 0.866. The van der Waals surface area contributed by atoms with Crippen LogP contribution in [0.25, 0.3) is 0 Å². The maximum Gasteiger partial charge on any atom is 0.102 e. The van der Waals surface area contributed by atoms with Crippen molar-refractivity contribution in [2.24, 2.45) is 0 Å². The molecule has 0 aromatic heterocycles. The Morgan fingerprint density at radius 1 is 1.47 bits per heavy atom. The summed E-state index contributed by atoms with van der Waals surface area (Å²) in [5.74, 6) is 1.26. The van der Waals surface area contributed by atoms with Gasteiger partial charge in [-0.15, -0.1) is 0 Å². The number of nitriles is 1. The Morgan fingerprint density at radius 3 is 3.00 bits per heavy atom. The van der Waals surface area contributed by atoms with E-state index in [-0.39, 0.29) is 0 Å². The van der Waals surface area contributed by atoms with Crippen LogP contribution in [-0.4, -0.2) is 17.0 Å². The second-order valence-electron chi connectivity index (χ2n) is 4.58. The molecule has 1 aromatic rings. The topological polar surface area (TPSA) is 35.8 Å². The van der Waals surface area contributed by atoms with Gasteiger partial charge in [-0.25, -0.2) is 0 Å². The summed E-state index contributed by atoms with van der Waals surface area (Å²) in [5, 5.41) is 13.4. The average Bonchev–Trinajstić information content (AvgIpc) is 2.32. The van der Waals surface area contributed by atoms with Crippen LogP contribution in [0, 0.1) is 18.3 Å². The molecule has 0 saturated carbocycles. The first-order chi connectivity index (χ1) is 8.22. The molecule has 1 N–H and O–H groups in total. The molecule has 17 heavy (non-hydrogen) atoms. The smallest absolute Gasteiger partial charge is 0.102 e. The van der Waals surface area contributed by atoms with E-state index in [4.69, 9.17) is 0 Å². The number of benzene rings is 1. The minimum Gasteiger partial charge on any atom is -0.380 e. The van der Waals surface area contributed by atoms with Crippen LogP contribution in [0.4, 0.5) is 5.69 Å². The highest BCUT2D eigenvalue weighted by atomic mass is 32.2. The van der Waals surface area contributed by atoms with Crippen LogP contribution >= 0.6 is 11.8 Å². The van der Waals surface area contributed by atoms with E-state index >= 15 is 0 Å². The van der Waals surface area contributed by atoms with Crippen LogP contribution in [0.2, 0.25) is 0 Å². The number of rotatable bonds is 2. The minimum absolute atomic E-state index is 0.489. The molecule has 0 spiro atoms. The van der Waals surface area contributed by atoms with Gasteiger partial charge in [0.05, 0.1) is 11.3 Å². The number of thioether (sulfide) groups is 1. The lowest BCUT2D eigenvalue weighted by atomic mass is 10.0. The molecule has 1 fully saturated rings. The summed E-state index contributed by atoms with van der Waals surface area (Å²) >= 11 is 2.02. The van der Waals surface area contributed by atoms with Crippen molar-refractivity contribution < 1.29 is 0 Å². The molecule has 3 heteroatoms. The summed E-state index contributed by atoms with van der Waals surface area (Å²) in [6.45, 7) is 4.26. The van der Waals surface area contributed by atoms with Gasteiger partial charge in [-0.05, 0) is 37.1 Å². The summed E-state index contributed by atoms with van der Waals surface area (Å²) in [4.78, 5) is 0. The molecule has 1 aliphatic rings.